The summed E-state index contributed by atoms with van der Waals surface area (Å²) in [6.45, 7) is 3.99. The van der Waals surface area contributed by atoms with Gasteiger partial charge in [-0.15, -0.1) is 0 Å². The van der Waals surface area contributed by atoms with E-state index in [9.17, 15) is 0 Å². The van der Waals surface area contributed by atoms with E-state index in [0.717, 1.165) is 19.0 Å². The lowest BCUT2D eigenvalue weighted by Crippen LogP contribution is -2.46. The fraction of sp³-hybridized carbons (Fsp3) is 0.294. The van der Waals surface area contributed by atoms with Crippen molar-refractivity contribution in [2.75, 3.05) is 18.0 Å². The predicted molar refractivity (Wildman–Crippen MR) is 87.3 cm³/mol. The Bertz CT molecular complexity index is 764. The molecule has 0 N–H and O–H groups in total. The summed E-state index contributed by atoms with van der Waals surface area (Å²) in [5.74, 6) is 1.36. The van der Waals surface area contributed by atoms with Crippen LogP contribution in [0.1, 0.15) is 30.0 Å². The molecule has 6 nitrogen and oxygen atoms in total. The molecular weight excluding hydrogens is 288 g/mol. The smallest absolute Gasteiger partial charge is 0.246 e. The highest BCUT2D eigenvalue weighted by Crippen LogP contribution is 2.31. The number of hydrogen-bond acceptors (Lipinski definition) is 5. The maximum absolute atomic E-state index is 4.23. The van der Waals surface area contributed by atoms with Gasteiger partial charge < -0.3 is 4.90 Å². The summed E-state index contributed by atoms with van der Waals surface area (Å²) in [6.07, 6.45) is 3.69. The van der Waals surface area contributed by atoms with Gasteiger partial charge >= 0.3 is 0 Å². The SMILES string of the molecule is C[C@@H](c1ccccc1)n1nnnc1N1CC(c2ccncc2)C1. The molecule has 0 saturated carbocycles. The Morgan fingerprint density at radius 1 is 1.04 bits per heavy atom. The van der Waals surface area contributed by atoms with Crippen LogP contribution in [0.5, 0.6) is 0 Å². The Morgan fingerprint density at radius 3 is 2.52 bits per heavy atom. The molecule has 0 bridgehead atoms. The van der Waals surface area contributed by atoms with Crippen LogP contribution >= 0.6 is 0 Å². The van der Waals surface area contributed by atoms with Gasteiger partial charge in [0.05, 0.1) is 6.04 Å². The first-order chi connectivity index (χ1) is 11.3. The largest absolute Gasteiger partial charge is 0.338 e. The number of rotatable bonds is 4. The molecule has 1 aromatic carbocycles. The molecule has 3 aromatic rings. The topological polar surface area (TPSA) is 59.7 Å². The van der Waals surface area contributed by atoms with Gasteiger partial charge in [0.15, 0.2) is 0 Å². The Hall–Kier alpha value is -2.76. The van der Waals surface area contributed by atoms with Gasteiger partial charge in [-0.05, 0) is 40.6 Å². The summed E-state index contributed by atoms with van der Waals surface area (Å²) < 4.78 is 1.90. The van der Waals surface area contributed by atoms with Crippen molar-refractivity contribution in [3.63, 3.8) is 0 Å². The maximum atomic E-state index is 4.23. The standard InChI is InChI=1S/C17H18N6/c1-13(14-5-3-2-4-6-14)23-17(19-20-21-23)22-11-16(12-22)15-7-9-18-10-8-15/h2-10,13,16H,11-12H2,1H3/t13-/m0/s1. The highest BCUT2D eigenvalue weighted by Gasteiger charge is 2.32. The second-order valence-electron chi connectivity index (χ2n) is 5.89. The molecule has 1 atom stereocenters. The van der Waals surface area contributed by atoms with Gasteiger partial charge in [-0.1, -0.05) is 35.4 Å². The lowest BCUT2D eigenvalue weighted by atomic mass is 9.93. The van der Waals surface area contributed by atoms with Crippen LogP contribution < -0.4 is 4.90 Å². The zero-order valence-corrected chi connectivity index (χ0v) is 12.9. The summed E-state index contributed by atoms with van der Waals surface area (Å²) in [4.78, 5) is 6.30. The number of aromatic nitrogens is 5. The molecule has 1 saturated heterocycles. The van der Waals surface area contributed by atoms with E-state index >= 15 is 0 Å². The molecule has 1 fully saturated rings. The number of anilines is 1. The molecule has 6 heteroatoms. The first-order valence-electron chi connectivity index (χ1n) is 7.80. The second-order valence-corrected chi connectivity index (χ2v) is 5.89. The van der Waals surface area contributed by atoms with Crippen LogP contribution in [0.25, 0.3) is 0 Å². The molecule has 1 aliphatic rings. The van der Waals surface area contributed by atoms with Gasteiger partial charge in [0.2, 0.25) is 5.95 Å². The number of hydrogen-bond donors (Lipinski definition) is 0. The molecule has 2 aromatic heterocycles. The average Bonchev–Trinajstić information content (AvgIpc) is 3.04. The minimum atomic E-state index is 0.112. The van der Waals surface area contributed by atoms with Crippen molar-refractivity contribution in [3.05, 3.63) is 66.0 Å². The van der Waals surface area contributed by atoms with E-state index < -0.39 is 0 Å². The normalized spacial score (nSPS) is 16.1. The number of benzene rings is 1. The Labute approximate surface area is 134 Å². The Balaban J connectivity index is 1.51. The number of tetrazole rings is 1. The fourth-order valence-electron chi connectivity index (χ4n) is 3.01. The monoisotopic (exact) mass is 306 g/mol. The maximum Gasteiger partial charge on any atom is 0.246 e. The summed E-state index contributed by atoms with van der Waals surface area (Å²) in [5.41, 5.74) is 2.53. The van der Waals surface area contributed by atoms with Crippen LogP contribution in [0.4, 0.5) is 5.95 Å². The van der Waals surface area contributed by atoms with E-state index in [1.807, 2.05) is 35.3 Å². The summed E-state index contributed by atoms with van der Waals surface area (Å²) in [6, 6.07) is 14.6. The fourth-order valence-corrected chi connectivity index (χ4v) is 3.01. The van der Waals surface area contributed by atoms with Crippen LogP contribution in [0.2, 0.25) is 0 Å². The minimum absolute atomic E-state index is 0.112. The van der Waals surface area contributed by atoms with Crippen molar-refractivity contribution in [1.82, 2.24) is 25.2 Å². The second kappa shape index (κ2) is 5.79. The molecule has 0 aliphatic carbocycles. The minimum Gasteiger partial charge on any atom is -0.338 e. The van der Waals surface area contributed by atoms with Crippen LogP contribution in [-0.2, 0) is 0 Å². The molecule has 0 unspecified atom stereocenters. The first-order valence-corrected chi connectivity index (χ1v) is 7.80. The zero-order valence-electron chi connectivity index (χ0n) is 12.9. The molecule has 1 aliphatic heterocycles. The lowest BCUT2D eigenvalue weighted by molar-refractivity contribution is 0.476. The van der Waals surface area contributed by atoms with E-state index in [4.69, 9.17) is 0 Å². The van der Waals surface area contributed by atoms with Crippen molar-refractivity contribution in [2.24, 2.45) is 0 Å². The van der Waals surface area contributed by atoms with Gasteiger partial charge in [0.1, 0.15) is 0 Å². The molecular formula is C17H18N6. The first kappa shape index (κ1) is 13.9. The van der Waals surface area contributed by atoms with Crippen molar-refractivity contribution in [2.45, 2.75) is 18.9 Å². The van der Waals surface area contributed by atoms with Gasteiger partial charge in [0.25, 0.3) is 0 Å². The average molecular weight is 306 g/mol. The van der Waals surface area contributed by atoms with E-state index in [0.29, 0.717) is 5.92 Å². The highest BCUT2D eigenvalue weighted by atomic mass is 15.6. The molecule has 0 radical (unpaired) electrons. The lowest BCUT2D eigenvalue weighted by Gasteiger charge is -2.40. The van der Waals surface area contributed by atoms with Crippen molar-refractivity contribution in [1.29, 1.82) is 0 Å². The van der Waals surface area contributed by atoms with E-state index in [1.54, 1.807) is 0 Å². The molecule has 4 rings (SSSR count). The zero-order chi connectivity index (χ0) is 15.6. The van der Waals surface area contributed by atoms with Crippen LogP contribution in [-0.4, -0.2) is 38.3 Å². The third kappa shape index (κ3) is 2.56. The van der Waals surface area contributed by atoms with Crippen LogP contribution in [0, 0.1) is 0 Å². The third-order valence-corrected chi connectivity index (χ3v) is 4.47. The highest BCUT2D eigenvalue weighted by molar-refractivity contribution is 5.39. The summed E-state index contributed by atoms with van der Waals surface area (Å²) in [7, 11) is 0. The number of pyridine rings is 1. The number of nitrogens with zero attached hydrogens (tertiary/aromatic N) is 6. The molecule has 3 heterocycles. The van der Waals surface area contributed by atoms with E-state index in [1.165, 1.54) is 11.1 Å². The van der Waals surface area contributed by atoms with Gasteiger partial charge in [-0.2, -0.15) is 0 Å². The van der Waals surface area contributed by atoms with Gasteiger partial charge in [-0.3, -0.25) is 4.98 Å². The molecule has 23 heavy (non-hydrogen) atoms. The predicted octanol–water partition coefficient (Wildman–Crippen LogP) is 2.28. The molecule has 0 spiro atoms. The molecule has 116 valence electrons. The van der Waals surface area contributed by atoms with Crippen LogP contribution in [0.3, 0.4) is 0 Å². The van der Waals surface area contributed by atoms with Gasteiger partial charge in [0, 0.05) is 31.4 Å². The summed E-state index contributed by atoms with van der Waals surface area (Å²) in [5, 5.41) is 12.3. The van der Waals surface area contributed by atoms with Crippen LogP contribution in [0.15, 0.2) is 54.9 Å². The van der Waals surface area contributed by atoms with Gasteiger partial charge in [-0.25, -0.2) is 4.68 Å². The van der Waals surface area contributed by atoms with E-state index in [-0.39, 0.29) is 6.04 Å². The van der Waals surface area contributed by atoms with Crippen molar-refractivity contribution in [3.8, 4) is 0 Å². The third-order valence-electron chi connectivity index (χ3n) is 4.47. The van der Waals surface area contributed by atoms with Crippen molar-refractivity contribution >= 4 is 5.95 Å². The Morgan fingerprint density at radius 2 is 1.78 bits per heavy atom. The summed E-state index contributed by atoms with van der Waals surface area (Å²) >= 11 is 0. The quantitative estimate of drug-likeness (QED) is 0.740. The Kier molecular flexibility index (Phi) is 3.49. The van der Waals surface area contributed by atoms with Crippen molar-refractivity contribution < 1.29 is 0 Å². The van der Waals surface area contributed by atoms with E-state index in [2.05, 4.69) is 56.6 Å². The molecule has 0 amide bonds.